The Labute approximate surface area is 154 Å². The molecule has 1 aromatic rings. The second kappa shape index (κ2) is 9.89. The largest absolute Gasteiger partial charge is 0.466 e. The van der Waals surface area contributed by atoms with E-state index in [2.05, 4.69) is 32.3 Å². The third-order valence-electron chi connectivity index (χ3n) is 4.75. The zero-order valence-corrected chi connectivity index (χ0v) is 15.7. The molecule has 26 heavy (non-hydrogen) atoms. The van der Waals surface area contributed by atoms with Gasteiger partial charge in [-0.25, -0.2) is 9.78 Å². The van der Waals surface area contributed by atoms with Gasteiger partial charge in [0.1, 0.15) is 11.9 Å². The van der Waals surface area contributed by atoms with Crippen LogP contribution in [0.5, 0.6) is 0 Å². The molecule has 1 aromatic heterocycles. The van der Waals surface area contributed by atoms with Crippen LogP contribution >= 0.6 is 0 Å². The Balaban J connectivity index is 1.84. The topological polar surface area (TPSA) is 93.2 Å². The lowest BCUT2D eigenvalue weighted by Gasteiger charge is -2.29. The van der Waals surface area contributed by atoms with Crippen molar-refractivity contribution in [1.82, 2.24) is 15.3 Å². The van der Waals surface area contributed by atoms with Crippen LogP contribution in [0.15, 0.2) is 18.5 Å². The molecule has 2 atom stereocenters. The molecule has 1 saturated carbocycles. The number of amides is 1. The number of nitrogens with one attached hydrogen (secondary N) is 2. The number of aromatic nitrogens is 2. The summed E-state index contributed by atoms with van der Waals surface area (Å²) in [6.45, 7) is 3.89. The number of carbonyl (C=O) groups excluding carboxylic acids is 2. The number of esters is 1. The molecule has 2 rings (SSSR count). The van der Waals surface area contributed by atoms with Crippen molar-refractivity contribution in [2.45, 2.75) is 58.0 Å². The van der Waals surface area contributed by atoms with Crippen LogP contribution in [-0.4, -0.2) is 41.0 Å². The van der Waals surface area contributed by atoms with E-state index < -0.39 is 12.0 Å². The van der Waals surface area contributed by atoms with Gasteiger partial charge in [-0.1, -0.05) is 19.3 Å². The second-order valence-corrected chi connectivity index (χ2v) is 6.74. The summed E-state index contributed by atoms with van der Waals surface area (Å²) in [5.41, 5.74) is 0.531. The molecule has 0 saturated heterocycles. The van der Waals surface area contributed by atoms with E-state index in [0.29, 0.717) is 17.4 Å². The molecule has 1 fully saturated rings. The maximum atomic E-state index is 12.4. The SMILES string of the molecule is COC(=O)/C=C/c1cnc(N[C@H](C)C(=O)N[C@H](C)C2CCCCC2)cn1. The molecule has 7 nitrogen and oxygen atoms in total. The first-order valence-electron chi connectivity index (χ1n) is 9.14. The number of anilines is 1. The Morgan fingerprint density at radius 3 is 2.54 bits per heavy atom. The fraction of sp³-hybridized carbons (Fsp3) is 0.579. The smallest absolute Gasteiger partial charge is 0.330 e. The first kappa shape index (κ1) is 19.9. The highest BCUT2D eigenvalue weighted by molar-refractivity contribution is 5.86. The van der Waals surface area contributed by atoms with Crippen molar-refractivity contribution in [3.05, 3.63) is 24.2 Å². The number of ether oxygens (including phenoxy) is 1. The molecule has 1 heterocycles. The standard InChI is InChI=1S/C19H28N4O3/c1-13(15-7-5-4-6-8-15)23-19(25)14(2)22-17-12-20-16(11-21-17)9-10-18(24)26-3/h9-15H,4-8H2,1-3H3,(H,21,22)(H,23,25)/b10-9+/t13-,14-/m1/s1. The highest BCUT2D eigenvalue weighted by Crippen LogP contribution is 2.26. The van der Waals surface area contributed by atoms with Crippen LogP contribution < -0.4 is 10.6 Å². The summed E-state index contributed by atoms with van der Waals surface area (Å²) in [5, 5.41) is 6.16. The number of carbonyl (C=O) groups is 2. The Bertz CT molecular complexity index is 624. The summed E-state index contributed by atoms with van der Waals surface area (Å²) in [6, 6.07) is -0.226. The van der Waals surface area contributed by atoms with Crippen molar-refractivity contribution < 1.29 is 14.3 Å². The highest BCUT2D eigenvalue weighted by Gasteiger charge is 2.23. The van der Waals surface area contributed by atoms with Crippen LogP contribution in [0.25, 0.3) is 6.08 Å². The van der Waals surface area contributed by atoms with Gasteiger partial charge in [-0.3, -0.25) is 9.78 Å². The lowest BCUT2D eigenvalue weighted by atomic mass is 9.84. The Kier molecular flexibility index (Phi) is 7.56. The molecular formula is C19H28N4O3. The Morgan fingerprint density at radius 1 is 1.19 bits per heavy atom. The number of nitrogens with zero attached hydrogens (tertiary/aromatic N) is 2. The Hall–Kier alpha value is -2.44. The summed E-state index contributed by atoms with van der Waals surface area (Å²) < 4.78 is 4.52. The number of rotatable bonds is 7. The second-order valence-electron chi connectivity index (χ2n) is 6.74. The van der Waals surface area contributed by atoms with Crippen LogP contribution in [0.1, 0.15) is 51.6 Å². The molecular weight excluding hydrogens is 332 g/mol. The van der Waals surface area contributed by atoms with Gasteiger partial charge in [0.05, 0.1) is 25.2 Å². The zero-order valence-electron chi connectivity index (χ0n) is 15.7. The third kappa shape index (κ3) is 6.13. The number of hydrogen-bond acceptors (Lipinski definition) is 6. The van der Waals surface area contributed by atoms with Crippen molar-refractivity contribution >= 4 is 23.8 Å². The monoisotopic (exact) mass is 360 g/mol. The summed E-state index contributed by atoms with van der Waals surface area (Å²) in [4.78, 5) is 31.9. The van der Waals surface area contributed by atoms with Crippen molar-refractivity contribution in [1.29, 1.82) is 0 Å². The highest BCUT2D eigenvalue weighted by atomic mass is 16.5. The number of hydrogen-bond donors (Lipinski definition) is 2. The van der Waals surface area contributed by atoms with Gasteiger partial charge in [0.15, 0.2) is 0 Å². The minimum atomic E-state index is -0.452. The van der Waals surface area contributed by atoms with Crippen molar-refractivity contribution in [2.75, 3.05) is 12.4 Å². The minimum Gasteiger partial charge on any atom is -0.466 e. The van der Waals surface area contributed by atoms with Gasteiger partial charge in [-0.05, 0) is 38.7 Å². The molecule has 1 aliphatic rings. The maximum absolute atomic E-state index is 12.4. The van der Waals surface area contributed by atoms with Crippen LogP contribution in [-0.2, 0) is 14.3 Å². The van der Waals surface area contributed by atoms with Gasteiger partial charge >= 0.3 is 5.97 Å². The minimum absolute atomic E-state index is 0.0421. The fourth-order valence-electron chi connectivity index (χ4n) is 3.11. The predicted molar refractivity (Wildman–Crippen MR) is 100 cm³/mol. The van der Waals surface area contributed by atoms with Gasteiger partial charge in [0, 0.05) is 12.1 Å². The summed E-state index contributed by atoms with van der Waals surface area (Å²) in [7, 11) is 1.31. The first-order valence-corrected chi connectivity index (χ1v) is 9.14. The molecule has 0 aromatic carbocycles. The van der Waals surface area contributed by atoms with E-state index in [-0.39, 0.29) is 11.9 Å². The normalized spacial score (nSPS) is 17.5. The maximum Gasteiger partial charge on any atom is 0.330 e. The van der Waals surface area contributed by atoms with E-state index in [1.54, 1.807) is 6.92 Å². The first-order chi connectivity index (χ1) is 12.5. The van der Waals surface area contributed by atoms with E-state index in [1.165, 1.54) is 63.8 Å². The molecule has 1 aliphatic carbocycles. The molecule has 0 aliphatic heterocycles. The molecule has 0 radical (unpaired) electrons. The quantitative estimate of drug-likeness (QED) is 0.573. The number of methoxy groups -OCH3 is 1. The average molecular weight is 360 g/mol. The van der Waals surface area contributed by atoms with E-state index in [9.17, 15) is 9.59 Å². The molecule has 142 valence electrons. The molecule has 0 bridgehead atoms. The summed E-state index contributed by atoms with van der Waals surface area (Å²) in [6.07, 6.45) is 12.0. The van der Waals surface area contributed by atoms with Gasteiger partial charge in [-0.2, -0.15) is 0 Å². The molecule has 0 unspecified atom stereocenters. The van der Waals surface area contributed by atoms with Gasteiger partial charge in [0.25, 0.3) is 0 Å². The van der Waals surface area contributed by atoms with Crippen molar-refractivity contribution in [3.8, 4) is 0 Å². The van der Waals surface area contributed by atoms with Crippen molar-refractivity contribution in [2.24, 2.45) is 5.92 Å². The fourth-order valence-corrected chi connectivity index (χ4v) is 3.11. The lowest BCUT2D eigenvalue weighted by molar-refractivity contribution is -0.134. The average Bonchev–Trinajstić information content (AvgIpc) is 2.67. The van der Waals surface area contributed by atoms with Crippen molar-refractivity contribution in [3.63, 3.8) is 0 Å². The predicted octanol–water partition coefficient (Wildman–Crippen LogP) is 2.55. The van der Waals surface area contributed by atoms with E-state index in [0.717, 1.165) is 0 Å². The Morgan fingerprint density at radius 2 is 1.92 bits per heavy atom. The zero-order chi connectivity index (χ0) is 18.9. The van der Waals surface area contributed by atoms with E-state index >= 15 is 0 Å². The molecule has 1 amide bonds. The molecule has 2 N–H and O–H groups in total. The third-order valence-corrected chi connectivity index (χ3v) is 4.75. The van der Waals surface area contributed by atoms with Crippen LogP contribution in [0.4, 0.5) is 5.82 Å². The molecule has 0 spiro atoms. The van der Waals surface area contributed by atoms with Crippen LogP contribution in [0.2, 0.25) is 0 Å². The summed E-state index contributed by atoms with van der Waals surface area (Å²) >= 11 is 0. The van der Waals surface area contributed by atoms with Crippen LogP contribution in [0, 0.1) is 5.92 Å². The van der Waals surface area contributed by atoms with Crippen LogP contribution in [0.3, 0.4) is 0 Å². The summed E-state index contributed by atoms with van der Waals surface area (Å²) in [5.74, 6) is 0.583. The van der Waals surface area contributed by atoms with E-state index in [4.69, 9.17) is 0 Å². The van der Waals surface area contributed by atoms with Gasteiger partial charge in [-0.15, -0.1) is 0 Å². The van der Waals surface area contributed by atoms with Gasteiger partial charge < -0.3 is 15.4 Å². The lowest BCUT2D eigenvalue weighted by Crippen LogP contribution is -2.45. The molecule has 7 heteroatoms. The van der Waals surface area contributed by atoms with E-state index in [1.807, 2.05) is 0 Å². The van der Waals surface area contributed by atoms with Gasteiger partial charge in [0.2, 0.25) is 5.91 Å².